The van der Waals surface area contributed by atoms with E-state index in [0.29, 0.717) is 23.8 Å². The number of nitrogens with zero attached hydrogens (tertiary/aromatic N) is 3. The minimum atomic E-state index is -1.25. The van der Waals surface area contributed by atoms with E-state index in [0.717, 1.165) is 10.5 Å². The van der Waals surface area contributed by atoms with E-state index in [4.69, 9.17) is 8.94 Å². The molecule has 0 radical (unpaired) electrons. The number of hydrogen-bond acceptors (Lipinski definition) is 6. The van der Waals surface area contributed by atoms with Gasteiger partial charge >= 0.3 is 6.03 Å². The molecule has 8 nitrogen and oxygen atoms in total. The molecular formula is C19H18N4O4. The summed E-state index contributed by atoms with van der Waals surface area (Å²) in [6, 6.07) is 12.6. The number of furan rings is 1. The number of nitrogens with one attached hydrogen (secondary N) is 1. The predicted octanol–water partition coefficient (Wildman–Crippen LogP) is 2.53. The van der Waals surface area contributed by atoms with Crippen LogP contribution in [-0.2, 0) is 23.3 Å². The number of carbonyl (C=O) groups is 2. The molecule has 0 saturated carbocycles. The lowest BCUT2D eigenvalue weighted by Gasteiger charge is -2.18. The molecule has 138 valence electrons. The number of amides is 3. The first-order valence-electron chi connectivity index (χ1n) is 8.52. The Hall–Kier alpha value is -3.42. The highest BCUT2D eigenvalue weighted by atomic mass is 16.5. The zero-order valence-electron chi connectivity index (χ0n) is 14.9. The highest BCUT2D eigenvalue weighted by Gasteiger charge is 2.51. The van der Waals surface area contributed by atoms with Crippen LogP contribution in [0.5, 0.6) is 0 Å². The summed E-state index contributed by atoms with van der Waals surface area (Å²) in [6.45, 7) is 3.29. The van der Waals surface area contributed by atoms with Gasteiger partial charge in [0.25, 0.3) is 5.91 Å². The van der Waals surface area contributed by atoms with Crippen molar-refractivity contribution in [3.8, 4) is 0 Å². The van der Waals surface area contributed by atoms with E-state index in [9.17, 15) is 9.59 Å². The van der Waals surface area contributed by atoms with Gasteiger partial charge in [0.2, 0.25) is 5.89 Å². The average Bonchev–Trinajstić information content (AvgIpc) is 3.33. The molecule has 0 aliphatic carbocycles. The van der Waals surface area contributed by atoms with Crippen LogP contribution in [-0.4, -0.2) is 27.0 Å². The molecule has 3 heterocycles. The first-order valence-corrected chi connectivity index (χ1v) is 8.52. The van der Waals surface area contributed by atoms with Crippen LogP contribution < -0.4 is 5.32 Å². The third-order valence-electron chi connectivity index (χ3n) is 4.52. The van der Waals surface area contributed by atoms with Crippen molar-refractivity contribution in [1.82, 2.24) is 20.4 Å². The van der Waals surface area contributed by atoms with Crippen LogP contribution >= 0.6 is 0 Å². The summed E-state index contributed by atoms with van der Waals surface area (Å²) < 4.78 is 10.8. The van der Waals surface area contributed by atoms with E-state index >= 15 is 0 Å². The molecule has 3 aromatic rings. The molecule has 1 saturated heterocycles. The summed E-state index contributed by atoms with van der Waals surface area (Å²) in [5.41, 5.74) is -0.210. The number of carbonyl (C=O) groups excluding carboxylic acids is 2. The number of benzene rings is 1. The van der Waals surface area contributed by atoms with Gasteiger partial charge in [-0.3, -0.25) is 9.69 Å². The molecule has 0 spiro atoms. The van der Waals surface area contributed by atoms with Gasteiger partial charge in [-0.05, 0) is 31.5 Å². The van der Waals surface area contributed by atoms with E-state index in [1.807, 2.05) is 30.3 Å². The number of aromatic nitrogens is 2. The van der Waals surface area contributed by atoms with Crippen molar-refractivity contribution in [2.45, 2.75) is 32.4 Å². The maximum atomic E-state index is 12.8. The Kier molecular flexibility index (Phi) is 4.02. The maximum absolute atomic E-state index is 12.8. The Morgan fingerprint density at radius 2 is 1.93 bits per heavy atom. The summed E-state index contributed by atoms with van der Waals surface area (Å²) in [4.78, 5) is 30.5. The third-order valence-corrected chi connectivity index (χ3v) is 4.52. The highest BCUT2D eigenvalue weighted by molar-refractivity contribution is 6.06. The molecule has 0 unspecified atom stereocenters. The molecule has 2 aromatic heterocycles. The van der Waals surface area contributed by atoms with Gasteiger partial charge in [0.05, 0.1) is 0 Å². The van der Waals surface area contributed by atoms with Gasteiger partial charge < -0.3 is 14.3 Å². The average molecular weight is 366 g/mol. The monoisotopic (exact) mass is 366 g/mol. The van der Waals surface area contributed by atoms with E-state index < -0.39 is 17.5 Å². The second kappa shape index (κ2) is 6.39. The van der Waals surface area contributed by atoms with Gasteiger partial charge in [-0.15, -0.1) is 0 Å². The zero-order valence-corrected chi connectivity index (χ0v) is 14.9. The SMILES string of the molecule is Cc1ccc([C@@]2(C)NC(=O)N(Cc3nc(Cc4ccccc4)no3)C2=O)o1. The molecule has 3 amide bonds. The molecule has 1 fully saturated rings. The fourth-order valence-electron chi connectivity index (χ4n) is 3.05. The largest absolute Gasteiger partial charge is 0.463 e. The molecule has 1 aliphatic rings. The fraction of sp³-hybridized carbons (Fsp3) is 0.263. The zero-order chi connectivity index (χ0) is 19.0. The lowest BCUT2D eigenvalue weighted by Crippen LogP contribution is -2.40. The van der Waals surface area contributed by atoms with Crippen molar-refractivity contribution in [2.75, 3.05) is 0 Å². The van der Waals surface area contributed by atoms with Crippen LogP contribution in [0.3, 0.4) is 0 Å². The summed E-state index contributed by atoms with van der Waals surface area (Å²) >= 11 is 0. The van der Waals surface area contributed by atoms with Crippen LogP contribution in [0, 0.1) is 6.92 Å². The standard InChI is InChI=1S/C19H18N4O4/c1-12-8-9-14(26-12)19(2)17(24)23(18(25)21-19)11-16-20-15(22-27-16)10-13-6-4-3-5-7-13/h3-9H,10-11H2,1-2H3,(H,21,25)/t19-/m1/s1. The summed E-state index contributed by atoms with van der Waals surface area (Å²) in [6.07, 6.45) is 0.508. The molecule has 1 atom stereocenters. The smallest absolute Gasteiger partial charge is 0.325 e. The van der Waals surface area contributed by atoms with Crippen LogP contribution in [0.15, 0.2) is 51.4 Å². The van der Waals surface area contributed by atoms with Gasteiger partial charge in [-0.2, -0.15) is 4.98 Å². The molecule has 1 aromatic carbocycles. The van der Waals surface area contributed by atoms with E-state index in [1.165, 1.54) is 0 Å². The number of imide groups is 1. The summed E-state index contributed by atoms with van der Waals surface area (Å²) in [5.74, 6) is 1.31. The lowest BCUT2D eigenvalue weighted by atomic mass is 9.99. The van der Waals surface area contributed by atoms with Crippen LogP contribution in [0.4, 0.5) is 4.79 Å². The van der Waals surface area contributed by atoms with Gasteiger partial charge in [0, 0.05) is 6.42 Å². The van der Waals surface area contributed by atoms with Crippen molar-refractivity contribution >= 4 is 11.9 Å². The fourth-order valence-corrected chi connectivity index (χ4v) is 3.05. The molecule has 8 heteroatoms. The Morgan fingerprint density at radius 3 is 2.63 bits per heavy atom. The van der Waals surface area contributed by atoms with E-state index in [1.54, 1.807) is 26.0 Å². The van der Waals surface area contributed by atoms with Gasteiger partial charge in [-0.1, -0.05) is 35.5 Å². The molecule has 1 N–H and O–H groups in total. The summed E-state index contributed by atoms with van der Waals surface area (Å²) in [7, 11) is 0. The van der Waals surface area contributed by atoms with Crippen molar-refractivity contribution in [1.29, 1.82) is 0 Å². The molecular weight excluding hydrogens is 348 g/mol. The van der Waals surface area contributed by atoms with Crippen molar-refractivity contribution in [3.63, 3.8) is 0 Å². The number of urea groups is 1. The van der Waals surface area contributed by atoms with Gasteiger partial charge in [0.1, 0.15) is 18.1 Å². The number of rotatable bonds is 5. The Balaban J connectivity index is 1.50. The Labute approximate surface area is 155 Å². The Bertz CT molecular complexity index is 994. The quantitative estimate of drug-likeness (QED) is 0.696. The van der Waals surface area contributed by atoms with Crippen molar-refractivity contribution in [3.05, 3.63) is 71.3 Å². The van der Waals surface area contributed by atoms with Crippen LogP contribution in [0.1, 0.15) is 35.7 Å². The van der Waals surface area contributed by atoms with Crippen LogP contribution in [0.25, 0.3) is 0 Å². The van der Waals surface area contributed by atoms with Crippen molar-refractivity contribution in [2.24, 2.45) is 0 Å². The van der Waals surface area contributed by atoms with E-state index in [-0.39, 0.29) is 12.4 Å². The first-order chi connectivity index (χ1) is 13.0. The topological polar surface area (TPSA) is 101 Å². The molecule has 27 heavy (non-hydrogen) atoms. The van der Waals surface area contributed by atoms with Crippen LogP contribution in [0.2, 0.25) is 0 Å². The predicted molar refractivity (Wildman–Crippen MR) is 93.4 cm³/mol. The van der Waals surface area contributed by atoms with E-state index in [2.05, 4.69) is 15.5 Å². The first kappa shape index (κ1) is 17.0. The molecule has 4 rings (SSSR count). The minimum absolute atomic E-state index is 0.0955. The highest BCUT2D eigenvalue weighted by Crippen LogP contribution is 2.30. The maximum Gasteiger partial charge on any atom is 0.325 e. The Morgan fingerprint density at radius 1 is 1.15 bits per heavy atom. The second-order valence-corrected chi connectivity index (χ2v) is 6.62. The second-order valence-electron chi connectivity index (χ2n) is 6.62. The minimum Gasteiger partial charge on any atom is -0.463 e. The normalized spacial score (nSPS) is 19.6. The third kappa shape index (κ3) is 3.10. The number of hydrogen-bond donors (Lipinski definition) is 1. The van der Waals surface area contributed by atoms with Gasteiger partial charge in [-0.25, -0.2) is 4.79 Å². The summed E-state index contributed by atoms with van der Waals surface area (Å²) in [5, 5.41) is 6.61. The molecule has 1 aliphatic heterocycles. The lowest BCUT2D eigenvalue weighted by molar-refractivity contribution is -0.132. The molecule has 0 bridgehead atoms. The number of aryl methyl sites for hydroxylation is 1. The van der Waals surface area contributed by atoms with Crippen molar-refractivity contribution < 1.29 is 18.5 Å². The van der Waals surface area contributed by atoms with Gasteiger partial charge in [0.15, 0.2) is 11.4 Å².